The summed E-state index contributed by atoms with van der Waals surface area (Å²) >= 11 is 1.72. The minimum Gasteiger partial charge on any atom is -0.314 e. The van der Waals surface area contributed by atoms with E-state index in [-0.39, 0.29) is 0 Å². The number of aryl methyl sites for hydroxylation is 1. The van der Waals surface area contributed by atoms with Crippen molar-refractivity contribution in [1.82, 2.24) is 14.7 Å². The predicted molar refractivity (Wildman–Crippen MR) is 83.3 cm³/mol. The monoisotopic (exact) mass is 283 g/mol. The van der Waals surface area contributed by atoms with E-state index in [1.165, 1.54) is 16.2 Å². The Morgan fingerprint density at radius 2 is 2.10 bits per heavy atom. The SMILES string of the molecule is CNCc1c(Sc2cccc(C)c2)nc2ccccn12. The summed E-state index contributed by atoms with van der Waals surface area (Å²) in [5.74, 6) is 0. The molecule has 0 aliphatic rings. The number of hydrogen-bond acceptors (Lipinski definition) is 3. The summed E-state index contributed by atoms with van der Waals surface area (Å²) in [6, 6.07) is 14.6. The Kier molecular flexibility index (Phi) is 3.76. The predicted octanol–water partition coefficient (Wildman–Crippen LogP) is 3.51. The third-order valence-electron chi connectivity index (χ3n) is 3.14. The minimum absolute atomic E-state index is 0.805. The standard InChI is InChI=1S/C16H17N3S/c1-12-6-5-7-13(10-12)20-16-14(11-17-2)19-9-4-3-8-15(19)18-16/h3-10,17H,11H2,1-2H3. The van der Waals surface area contributed by atoms with Crippen molar-refractivity contribution in [3.8, 4) is 0 Å². The third-order valence-corrected chi connectivity index (χ3v) is 4.15. The number of imidazole rings is 1. The highest BCUT2D eigenvalue weighted by Crippen LogP contribution is 2.30. The average Bonchev–Trinajstić information content (AvgIpc) is 2.77. The first-order valence-corrected chi connectivity index (χ1v) is 7.44. The van der Waals surface area contributed by atoms with Gasteiger partial charge >= 0.3 is 0 Å². The molecule has 3 aromatic rings. The molecule has 0 unspecified atom stereocenters. The third kappa shape index (κ3) is 2.57. The highest BCUT2D eigenvalue weighted by Gasteiger charge is 2.12. The van der Waals surface area contributed by atoms with Gasteiger partial charge in [0.2, 0.25) is 0 Å². The van der Waals surface area contributed by atoms with Crippen LogP contribution in [0.3, 0.4) is 0 Å². The van der Waals surface area contributed by atoms with E-state index < -0.39 is 0 Å². The molecule has 0 fully saturated rings. The van der Waals surface area contributed by atoms with Crippen molar-refractivity contribution >= 4 is 17.4 Å². The lowest BCUT2D eigenvalue weighted by Crippen LogP contribution is -2.08. The smallest absolute Gasteiger partial charge is 0.138 e. The van der Waals surface area contributed by atoms with E-state index >= 15 is 0 Å². The number of fused-ring (bicyclic) bond motifs is 1. The quantitative estimate of drug-likeness (QED) is 0.794. The van der Waals surface area contributed by atoms with Crippen LogP contribution in [0.2, 0.25) is 0 Å². The number of nitrogens with one attached hydrogen (secondary N) is 1. The molecule has 3 rings (SSSR count). The van der Waals surface area contributed by atoms with Crippen LogP contribution in [0.1, 0.15) is 11.3 Å². The van der Waals surface area contributed by atoms with E-state index in [1.807, 2.05) is 25.2 Å². The van der Waals surface area contributed by atoms with Crippen LogP contribution in [0.15, 0.2) is 58.6 Å². The van der Waals surface area contributed by atoms with Crippen LogP contribution in [-0.2, 0) is 6.54 Å². The van der Waals surface area contributed by atoms with Gasteiger partial charge in [-0.05, 0) is 38.2 Å². The highest BCUT2D eigenvalue weighted by atomic mass is 32.2. The maximum Gasteiger partial charge on any atom is 0.138 e. The summed E-state index contributed by atoms with van der Waals surface area (Å²) in [4.78, 5) is 5.97. The number of pyridine rings is 1. The van der Waals surface area contributed by atoms with Crippen LogP contribution in [0, 0.1) is 6.92 Å². The van der Waals surface area contributed by atoms with Crippen LogP contribution in [0.25, 0.3) is 5.65 Å². The second-order valence-electron chi connectivity index (χ2n) is 4.74. The lowest BCUT2D eigenvalue weighted by Gasteiger charge is -2.04. The summed E-state index contributed by atoms with van der Waals surface area (Å²) in [7, 11) is 1.96. The van der Waals surface area contributed by atoms with Gasteiger partial charge in [-0.1, -0.05) is 35.5 Å². The van der Waals surface area contributed by atoms with E-state index in [2.05, 4.69) is 47.1 Å². The molecule has 0 bridgehead atoms. The molecule has 0 radical (unpaired) electrons. The first-order chi connectivity index (χ1) is 9.78. The average molecular weight is 283 g/mol. The van der Waals surface area contributed by atoms with Crippen molar-refractivity contribution < 1.29 is 0 Å². The molecule has 2 aromatic heterocycles. The summed E-state index contributed by atoms with van der Waals surface area (Å²) in [6.45, 7) is 2.92. The van der Waals surface area contributed by atoms with Gasteiger partial charge in [-0.15, -0.1) is 0 Å². The number of rotatable bonds is 4. The second-order valence-corrected chi connectivity index (χ2v) is 5.80. The molecule has 4 heteroatoms. The molecule has 102 valence electrons. The van der Waals surface area contributed by atoms with E-state index in [0.717, 1.165) is 17.2 Å². The first-order valence-electron chi connectivity index (χ1n) is 6.63. The Morgan fingerprint density at radius 1 is 1.20 bits per heavy atom. The second kappa shape index (κ2) is 5.69. The number of aromatic nitrogens is 2. The van der Waals surface area contributed by atoms with Gasteiger partial charge in [-0.2, -0.15) is 0 Å². The van der Waals surface area contributed by atoms with Crippen molar-refractivity contribution in [2.75, 3.05) is 7.05 Å². The molecule has 1 N–H and O–H groups in total. The van der Waals surface area contributed by atoms with Gasteiger partial charge in [0.25, 0.3) is 0 Å². The maximum atomic E-state index is 4.74. The van der Waals surface area contributed by atoms with E-state index in [9.17, 15) is 0 Å². The van der Waals surface area contributed by atoms with Gasteiger partial charge in [0, 0.05) is 17.6 Å². The minimum atomic E-state index is 0.805. The van der Waals surface area contributed by atoms with Gasteiger partial charge < -0.3 is 9.72 Å². The van der Waals surface area contributed by atoms with E-state index in [1.54, 1.807) is 11.8 Å². The van der Waals surface area contributed by atoms with Gasteiger partial charge in [0.1, 0.15) is 10.7 Å². The largest absolute Gasteiger partial charge is 0.314 e. The molecule has 0 aliphatic heterocycles. The lowest BCUT2D eigenvalue weighted by atomic mass is 10.2. The number of nitrogens with zero attached hydrogens (tertiary/aromatic N) is 2. The van der Waals surface area contributed by atoms with Crippen molar-refractivity contribution in [2.24, 2.45) is 0 Å². The fraction of sp³-hybridized carbons (Fsp3) is 0.188. The number of hydrogen-bond donors (Lipinski definition) is 1. The zero-order valence-electron chi connectivity index (χ0n) is 11.6. The van der Waals surface area contributed by atoms with Crippen molar-refractivity contribution in [3.05, 3.63) is 59.9 Å². The summed E-state index contributed by atoms with van der Waals surface area (Å²) in [5, 5.41) is 4.29. The van der Waals surface area contributed by atoms with Crippen molar-refractivity contribution in [3.63, 3.8) is 0 Å². The molecule has 0 saturated heterocycles. The Balaban J connectivity index is 2.04. The van der Waals surface area contributed by atoms with Gasteiger partial charge in [-0.25, -0.2) is 4.98 Å². The molecule has 0 atom stereocenters. The molecule has 20 heavy (non-hydrogen) atoms. The zero-order valence-corrected chi connectivity index (χ0v) is 12.4. The Bertz CT molecular complexity index is 733. The topological polar surface area (TPSA) is 29.3 Å². The van der Waals surface area contributed by atoms with Crippen LogP contribution < -0.4 is 5.32 Å². The molecule has 0 amide bonds. The molecule has 1 aromatic carbocycles. The molecule has 3 nitrogen and oxygen atoms in total. The lowest BCUT2D eigenvalue weighted by molar-refractivity contribution is 0.764. The van der Waals surface area contributed by atoms with Gasteiger partial charge in [0.05, 0.1) is 5.69 Å². The van der Waals surface area contributed by atoms with Crippen LogP contribution in [0.4, 0.5) is 0 Å². The van der Waals surface area contributed by atoms with Gasteiger partial charge in [0.15, 0.2) is 0 Å². The van der Waals surface area contributed by atoms with Crippen LogP contribution >= 0.6 is 11.8 Å². The normalized spacial score (nSPS) is 11.1. The fourth-order valence-corrected chi connectivity index (χ4v) is 3.27. The van der Waals surface area contributed by atoms with Crippen molar-refractivity contribution in [2.45, 2.75) is 23.4 Å². The molecule has 0 spiro atoms. The van der Waals surface area contributed by atoms with E-state index in [4.69, 9.17) is 4.98 Å². The van der Waals surface area contributed by atoms with Gasteiger partial charge in [-0.3, -0.25) is 0 Å². The van der Waals surface area contributed by atoms with E-state index in [0.29, 0.717) is 0 Å². The Morgan fingerprint density at radius 3 is 2.90 bits per heavy atom. The fourth-order valence-electron chi connectivity index (χ4n) is 2.23. The summed E-state index contributed by atoms with van der Waals surface area (Å²) in [6.07, 6.45) is 2.06. The highest BCUT2D eigenvalue weighted by molar-refractivity contribution is 7.99. The zero-order chi connectivity index (χ0) is 13.9. The molecule has 0 aliphatic carbocycles. The first kappa shape index (κ1) is 13.2. The summed E-state index contributed by atoms with van der Waals surface area (Å²) in [5.41, 5.74) is 3.47. The summed E-state index contributed by atoms with van der Waals surface area (Å²) < 4.78 is 2.15. The number of benzene rings is 1. The molecular formula is C16H17N3S. The maximum absolute atomic E-state index is 4.74. The molecule has 0 saturated carbocycles. The van der Waals surface area contributed by atoms with Crippen LogP contribution in [-0.4, -0.2) is 16.4 Å². The Labute approximate surface area is 123 Å². The van der Waals surface area contributed by atoms with Crippen molar-refractivity contribution in [1.29, 1.82) is 0 Å². The Hall–Kier alpha value is -1.78. The van der Waals surface area contributed by atoms with Crippen LogP contribution in [0.5, 0.6) is 0 Å². The molecule has 2 heterocycles. The molecular weight excluding hydrogens is 266 g/mol.